The van der Waals surface area contributed by atoms with Gasteiger partial charge in [0.05, 0.1) is 18.4 Å². The van der Waals surface area contributed by atoms with E-state index in [4.69, 9.17) is 10.5 Å². The molecule has 0 aliphatic carbocycles. The second-order valence-electron chi connectivity index (χ2n) is 7.90. The number of methoxy groups -OCH3 is 1. The van der Waals surface area contributed by atoms with Crippen LogP contribution in [-0.4, -0.2) is 28.7 Å². The van der Waals surface area contributed by atoms with Crippen molar-refractivity contribution in [3.05, 3.63) is 70.6 Å². The van der Waals surface area contributed by atoms with E-state index in [0.29, 0.717) is 38.5 Å². The number of hydrogen-bond donors (Lipinski definition) is 2. The SMILES string of the molecule is COc1ccccc1-c1csc(NC(=O)CCSc2nc(N)c(C#N)c(-c3ccc(C)cc3)c2C#N)n1. The number of pyridine rings is 1. The Morgan fingerprint density at radius 3 is 2.54 bits per heavy atom. The molecule has 184 valence electrons. The topological polar surface area (TPSA) is 138 Å². The van der Waals surface area contributed by atoms with Crippen LogP contribution >= 0.6 is 23.1 Å². The highest BCUT2D eigenvalue weighted by Gasteiger charge is 2.21. The summed E-state index contributed by atoms with van der Waals surface area (Å²) in [7, 11) is 1.60. The van der Waals surface area contributed by atoms with Gasteiger partial charge in [-0.1, -0.05) is 42.0 Å². The van der Waals surface area contributed by atoms with E-state index < -0.39 is 0 Å². The van der Waals surface area contributed by atoms with Gasteiger partial charge in [0.15, 0.2) is 5.13 Å². The lowest BCUT2D eigenvalue weighted by Crippen LogP contribution is -2.12. The summed E-state index contributed by atoms with van der Waals surface area (Å²) in [5.41, 5.74) is 10.3. The van der Waals surface area contributed by atoms with Gasteiger partial charge >= 0.3 is 0 Å². The van der Waals surface area contributed by atoms with E-state index in [1.165, 1.54) is 23.1 Å². The van der Waals surface area contributed by atoms with Crippen LogP contribution in [0, 0.1) is 29.6 Å². The van der Waals surface area contributed by atoms with Crippen LogP contribution in [0.2, 0.25) is 0 Å². The Labute approximate surface area is 222 Å². The average molecular weight is 527 g/mol. The maximum atomic E-state index is 12.6. The van der Waals surface area contributed by atoms with Crippen LogP contribution in [-0.2, 0) is 4.79 Å². The molecule has 2 heterocycles. The van der Waals surface area contributed by atoms with Gasteiger partial charge in [0, 0.05) is 28.7 Å². The lowest BCUT2D eigenvalue weighted by Gasteiger charge is -2.13. The second-order valence-corrected chi connectivity index (χ2v) is 9.84. The molecule has 0 radical (unpaired) electrons. The highest BCUT2D eigenvalue weighted by molar-refractivity contribution is 7.99. The van der Waals surface area contributed by atoms with Gasteiger partial charge in [-0.05, 0) is 24.6 Å². The third-order valence-corrected chi connectivity index (χ3v) is 7.19. The van der Waals surface area contributed by atoms with Crippen molar-refractivity contribution in [3.8, 4) is 40.3 Å². The zero-order valence-corrected chi connectivity index (χ0v) is 21.7. The van der Waals surface area contributed by atoms with Crippen molar-refractivity contribution in [3.63, 3.8) is 0 Å². The van der Waals surface area contributed by atoms with Gasteiger partial charge in [-0.15, -0.1) is 23.1 Å². The predicted molar refractivity (Wildman–Crippen MR) is 146 cm³/mol. The smallest absolute Gasteiger partial charge is 0.226 e. The number of hydrogen-bond acceptors (Lipinski definition) is 9. The number of aromatic nitrogens is 2. The number of thiazole rings is 1. The van der Waals surface area contributed by atoms with Gasteiger partial charge in [-0.3, -0.25) is 4.79 Å². The van der Waals surface area contributed by atoms with E-state index in [0.717, 1.165) is 11.1 Å². The third kappa shape index (κ3) is 5.72. The minimum Gasteiger partial charge on any atom is -0.496 e. The second kappa shape index (κ2) is 11.6. The van der Waals surface area contributed by atoms with Crippen molar-refractivity contribution < 1.29 is 9.53 Å². The normalized spacial score (nSPS) is 10.4. The van der Waals surface area contributed by atoms with Crippen LogP contribution in [0.5, 0.6) is 5.75 Å². The standard InChI is InChI=1S/C27H22N6O2S2/c1-16-7-9-17(10-8-16)24-19(13-28)25(30)33-26(20(24)14-29)36-12-11-23(34)32-27-31-21(15-37-27)18-5-3-4-6-22(18)35-2/h3-10,15H,11-12H2,1-2H3,(H2,30,33)(H,31,32,34). The molecular weight excluding hydrogens is 504 g/mol. The van der Waals surface area contributed by atoms with Gasteiger partial charge < -0.3 is 15.8 Å². The predicted octanol–water partition coefficient (Wildman–Crippen LogP) is 5.64. The van der Waals surface area contributed by atoms with Crippen molar-refractivity contribution in [2.24, 2.45) is 0 Å². The average Bonchev–Trinajstić information content (AvgIpc) is 3.37. The first-order valence-corrected chi connectivity index (χ1v) is 13.0. The molecule has 1 amide bonds. The Morgan fingerprint density at radius 2 is 1.84 bits per heavy atom. The number of nitrogen functional groups attached to an aromatic ring is 1. The number of aryl methyl sites for hydroxylation is 1. The summed E-state index contributed by atoms with van der Waals surface area (Å²) >= 11 is 2.57. The molecule has 0 spiro atoms. The molecule has 2 aromatic carbocycles. The highest BCUT2D eigenvalue weighted by atomic mass is 32.2. The lowest BCUT2D eigenvalue weighted by atomic mass is 9.96. The van der Waals surface area contributed by atoms with E-state index in [9.17, 15) is 15.3 Å². The van der Waals surface area contributed by atoms with E-state index in [-0.39, 0.29) is 29.3 Å². The molecule has 0 fully saturated rings. The summed E-state index contributed by atoms with van der Waals surface area (Å²) in [4.78, 5) is 21.4. The number of nitrogens with zero attached hydrogens (tertiary/aromatic N) is 4. The number of carbonyl (C=O) groups excluding carboxylic acids is 1. The summed E-state index contributed by atoms with van der Waals surface area (Å²) in [6, 6.07) is 19.3. The van der Waals surface area contributed by atoms with Crippen molar-refractivity contribution in [1.82, 2.24) is 9.97 Å². The Kier molecular flexibility index (Phi) is 8.04. The fourth-order valence-corrected chi connectivity index (χ4v) is 5.31. The maximum Gasteiger partial charge on any atom is 0.226 e. The van der Waals surface area contributed by atoms with Crippen LogP contribution in [0.3, 0.4) is 0 Å². The number of thioether (sulfide) groups is 1. The monoisotopic (exact) mass is 526 g/mol. The number of para-hydroxylation sites is 1. The van der Waals surface area contributed by atoms with Gasteiger partial charge in [-0.2, -0.15) is 10.5 Å². The molecule has 2 aromatic heterocycles. The number of rotatable bonds is 8. The number of ether oxygens (including phenoxy) is 1. The molecule has 0 bridgehead atoms. The van der Waals surface area contributed by atoms with Gasteiger partial charge in [0.2, 0.25) is 5.91 Å². The molecule has 10 heteroatoms. The lowest BCUT2D eigenvalue weighted by molar-refractivity contribution is -0.115. The summed E-state index contributed by atoms with van der Waals surface area (Å²) in [6.07, 6.45) is 0.167. The quantitative estimate of drug-likeness (QED) is 0.282. The fourth-order valence-electron chi connectivity index (χ4n) is 3.64. The Morgan fingerprint density at radius 1 is 1.11 bits per heavy atom. The number of benzene rings is 2. The Balaban J connectivity index is 1.46. The third-order valence-electron chi connectivity index (χ3n) is 5.46. The number of carbonyl (C=O) groups is 1. The van der Waals surface area contributed by atoms with Crippen LogP contribution in [0.25, 0.3) is 22.4 Å². The van der Waals surface area contributed by atoms with E-state index >= 15 is 0 Å². The molecule has 4 aromatic rings. The van der Waals surface area contributed by atoms with Crippen molar-refractivity contribution in [2.75, 3.05) is 23.9 Å². The zero-order valence-electron chi connectivity index (χ0n) is 20.1. The molecule has 0 aliphatic rings. The molecule has 0 saturated carbocycles. The van der Waals surface area contributed by atoms with Crippen molar-refractivity contribution in [2.45, 2.75) is 18.4 Å². The minimum atomic E-state index is -0.215. The first kappa shape index (κ1) is 25.7. The number of nitriles is 2. The fraction of sp³-hybridized carbons (Fsp3) is 0.148. The molecule has 3 N–H and O–H groups in total. The van der Waals surface area contributed by atoms with Gasteiger partial charge in [0.1, 0.15) is 34.3 Å². The van der Waals surface area contributed by atoms with Gasteiger partial charge in [0.25, 0.3) is 0 Å². The van der Waals surface area contributed by atoms with Crippen LogP contribution in [0.1, 0.15) is 23.1 Å². The summed E-state index contributed by atoms with van der Waals surface area (Å²) in [5.74, 6) is 0.897. The summed E-state index contributed by atoms with van der Waals surface area (Å²) < 4.78 is 5.39. The zero-order chi connectivity index (χ0) is 26.4. The first-order chi connectivity index (χ1) is 17.9. The molecule has 0 atom stereocenters. The van der Waals surface area contributed by atoms with Crippen LogP contribution in [0.4, 0.5) is 10.9 Å². The molecule has 0 aliphatic heterocycles. The number of nitrogens with two attached hydrogens (primary N) is 1. The largest absolute Gasteiger partial charge is 0.496 e. The summed E-state index contributed by atoms with van der Waals surface area (Å²) in [5, 5.41) is 25.1. The Hall–Kier alpha value is -4.38. The molecule has 37 heavy (non-hydrogen) atoms. The molecule has 0 unspecified atom stereocenters. The number of amides is 1. The van der Waals surface area contributed by atoms with Crippen LogP contribution < -0.4 is 15.8 Å². The van der Waals surface area contributed by atoms with E-state index in [1.807, 2.05) is 60.8 Å². The number of anilines is 2. The van der Waals surface area contributed by atoms with E-state index in [2.05, 4.69) is 27.4 Å². The minimum absolute atomic E-state index is 0.0516. The van der Waals surface area contributed by atoms with Crippen molar-refractivity contribution in [1.29, 1.82) is 10.5 Å². The molecule has 0 saturated heterocycles. The highest BCUT2D eigenvalue weighted by Crippen LogP contribution is 2.36. The number of nitrogens with one attached hydrogen (secondary N) is 1. The summed E-state index contributed by atoms with van der Waals surface area (Å²) in [6.45, 7) is 1.96. The van der Waals surface area contributed by atoms with Crippen LogP contribution in [0.15, 0.2) is 58.9 Å². The van der Waals surface area contributed by atoms with Crippen molar-refractivity contribution >= 4 is 40.0 Å². The molecule has 8 nitrogen and oxygen atoms in total. The maximum absolute atomic E-state index is 12.6. The van der Waals surface area contributed by atoms with Gasteiger partial charge in [-0.25, -0.2) is 9.97 Å². The Bertz CT molecular complexity index is 1530. The molecular formula is C27H22N6O2S2. The van der Waals surface area contributed by atoms with E-state index in [1.54, 1.807) is 7.11 Å². The molecule has 4 rings (SSSR count). The first-order valence-electron chi connectivity index (χ1n) is 11.2.